The molecule has 0 aliphatic heterocycles. The molecule has 2 aromatic heterocycles. The Labute approximate surface area is 222 Å². The first kappa shape index (κ1) is 27.3. The van der Waals surface area contributed by atoms with Gasteiger partial charge in [0.2, 0.25) is 5.91 Å². The number of aryl methyl sites for hydroxylation is 2. The first-order valence-corrected chi connectivity index (χ1v) is 11.4. The molecule has 202 valence electrons. The van der Waals surface area contributed by atoms with E-state index in [-0.39, 0.29) is 28.2 Å². The van der Waals surface area contributed by atoms with E-state index < -0.39 is 31.0 Å². The largest absolute Gasteiger partial charge is 0.487 e. The Bertz CT molecular complexity index is 1500. The van der Waals surface area contributed by atoms with Crippen LogP contribution in [0.25, 0.3) is 22.3 Å². The van der Waals surface area contributed by atoms with Crippen LogP contribution in [0.4, 0.5) is 13.2 Å². The maximum atomic E-state index is 14.3. The summed E-state index contributed by atoms with van der Waals surface area (Å²) in [4.78, 5) is 21.0. The highest BCUT2D eigenvalue weighted by atomic mass is 35.5. The van der Waals surface area contributed by atoms with Crippen LogP contribution in [0, 0.1) is 12.7 Å². The fraction of sp³-hybridized carbons (Fsp3) is 0.280. The van der Waals surface area contributed by atoms with Gasteiger partial charge in [-0.15, -0.1) is 0 Å². The van der Waals surface area contributed by atoms with Crippen molar-refractivity contribution in [3.63, 3.8) is 0 Å². The second-order valence-electron chi connectivity index (χ2n) is 8.12. The summed E-state index contributed by atoms with van der Waals surface area (Å²) in [6.45, 7) is -1.25. The Hall–Kier alpha value is -3.74. The van der Waals surface area contributed by atoms with Crippen LogP contribution in [-0.2, 0) is 23.2 Å². The van der Waals surface area contributed by atoms with E-state index >= 15 is 0 Å². The molecule has 1 amide bonds. The van der Waals surface area contributed by atoms with Gasteiger partial charge in [0.25, 0.3) is 0 Å². The van der Waals surface area contributed by atoms with Crippen molar-refractivity contribution in [1.82, 2.24) is 25.1 Å². The molecular formula is C25H25ClF3N5O4. The van der Waals surface area contributed by atoms with E-state index in [1.807, 2.05) is 19.1 Å². The van der Waals surface area contributed by atoms with Crippen LogP contribution in [0.2, 0.25) is 5.02 Å². The van der Waals surface area contributed by atoms with Gasteiger partial charge in [-0.05, 0) is 43.7 Å². The Morgan fingerprint density at radius 3 is 2.74 bits per heavy atom. The lowest BCUT2D eigenvalue weighted by Crippen LogP contribution is -2.31. The van der Waals surface area contributed by atoms with Gasteiger partial charge in [0.15, 0.2) is 5.82 Å². The van der Waals surface area contributed by atoms with Crippen molar-refractivity contribution in [2.45, 2.75) is 33.1 Å². The predicted molar refractivity (Wildman–Crippen MR) is 134 cm³/mol. The van der Waals surface area contributed by atoms with Crippen molar-refractivity contribution in [3.8, 4) is 17.1 Å². The number of aromatic nitrogens is 4. The molecule has 1 atom stereocenters. The SMILES string of the molecule is O.[2H][C@@](C)(NC(=O)COC(F)F)c1cc(F)cc(Cl)c1COc1cccc2c(-c3ncnn3C)cc(C)nc12. The van der Waals surface area contributed by atoms with Crippen LogP contribution in [0.15, 0.2) is 42.7 Å². The lowest BCUT2D eigenvalue weighted by molar-refractivity contribution is -0.152. The van der Waals surface area contributed by atoms with Crippen LogP contribution >= 0.6 is 11.6 Å². The summed E-state index contributed by atoms with van der Waals surface area (Å²) in [5.41, 5.74) is 2.25. The summed E-state index contributed by atoms with van der Waals surface area (Å²) in [7, 11) is 1.78. The van der Waals surface area contributed by atoms with Gasteiger partial charge in [-0.25, -0.2) is 19.0 Å². The number of carbonyl (C=O) groups is 1. The molecule has 0 fully saturated rings. The minimum Gasteiger partial charge on any atom is -0.487 e. The molecule has 0 bridgehead atoms. The number of nitrogens with zero attached hydrogens (tertiary/aromatic N) is 4. The molecule has 0 aliphatic rings. The number of ether oxygens (including phenoxy) is 2. The first-order chi connectivity index (χ1) is 18.0. The molecule has 0 aliphatic carbocycles. The van der Waals surface area contributed by atoms with Crippen LogP contribution in [0.3, 0.4) is 0 Å². The number of para-hydroxylation sites is 1. The molecule has 2 heterocycles. The van der Waals surface area contributed by atoms with Gasteiger partial charge in [-0.3, -0.25) is 4.79 Å². The zero-order chi connectivity index (χ0) is 27.6. The van der Waals surface area contributed by atoms with Gasteiger partial charge in [0, 0.05) is 29.3 Å². The molecule has 0 unspecified atom stereocenters. The Kier molecular flexibility index (Phi) is 8.77. The van der Waals surface area contributed by atoms with Crippen LogP contribution in [0.5, 0.6) is 5.75 Å². The first-order valence-electron chi connectivity index (χ1n) is 11.5. The molecule has 38 heavy (non-hydrogen) atoms. The van der Waals surface area contributed by atoms with E-state index in [9.17, 15) is 18.0 Å². The van der Waals surface area contributed by atoms with E-state index in [0.29, 0.717) is 22.8 Å². The summed E-state index contributed by atoms with van der Waals surface area (Å²) in [5.74, 6) is -0.707. The average Bonchev–Trinajstić information content (AvgIpc) is 3.26. The third-order valence-electron chi connectivity index (χ3n) is 5.49. The molecule has 3 N–H and O–H groups in total. The van der Waals surface area contributed by atoms with Gasteiger partial charge in [-0.1, -0.05) is 23.7 Å². The fourth-order valence-electron chi connectivity index (χ4n) is 3.88. The lowest BCUT2D eigenvalue weighted by Gasteiger charge is -2.20. The maximum absolute atomic E-state index is 14.3. The lowest BCUT2D eigenvalue weighted by atomic mass is 10.0. The Balaban J connectivity index is 0.00000420. The second-order valence-corrected chi connectivity index (χ2v) is 8.53. The Morgan fingerprint density at radius 1 is 1.29 bits per heavy atom. The van der Waals surface area contributed by atoms with Crippen LogP contribution in [-0.4, -0.2) is 44.4 Å². The maximum Gasteiger partial charge on any atom is 0.345 e. The number of nitrogens with one attached hydrogen (secondary N) is 1. The molecule has 0 saturated heterocycles. The molecule has 0 radical (unpaired) electrons. The predicted octanol–water partition coefficient (Wildman–Crippen LogP) is 4.30. The number of fused-ring (bicyclic) bond motifs is 1. The summed E-state index contributed by atoms with van der Waals surface area (Å²) >= 11 is 6.33. The van der Waals surface area contributed by atoms with E-state index in [4.69, 9.17) is 17.7 Å². The summed E-state index contributed by atoms with van der Waals surface area (Å²) < 4.78 is 59.2. The second kappa shape index (κ2) is 12.2. The van der Waals surface area contributed by atoms with Crippen molar-refractivity contribution in [1.29, 1.82) is 0 Å². The van der Waals surface area contributed by atoms with E-state index in [1.54, 1.807) is 23.9 Å². The number of carbonyl (C=O) groups excluding carboxylic acids is 1. The minimum absolute atomic E-state index is 0. The third-order valence-corrected chi connectivity index (χ3v) is 5.82. The topological polar surface area (TPSA) is 123 Å². The number of pyridine rings is 1. The average molecular weight is 553 g/mol. The van der Waals surface area contributed by atoms with Crippen LogP contribution < -0.4 is 10.1 Å². The Morgan fingerprint density at radius 2 is 2.05 bits per heavy atom. The third kappa shape index (κ3) is 6.39. The van der Waals surface area contributed by atoms with Gasteiger partial charge < -0.3 is 20.3 Å². The normalized spacial score (nSPS) is 13.1. The number of halogens is 4. The van der Waals surface area contributed by atoms with Crippen molar-refractivity contribution in [3.05, 3.63) is 70.4 Å². The number of alkyl halides is 2. The molecule has 4 rings (SSSR count). The van der Waals surface area contributed by atoms with Gasteiger partial charge in [-0.2, -0.15) is 13.9 Å². The summed E-state index contributed by atoms with van der Waals surface area (Å²) in [6.07, 6.45) is 1.45. The molecule has 0 spiro atoms. The van der Waals surface area contributed by atoms with Crippen molar-refractivity contribution in [2.75, 3.05) is 6.61 Å². The molecule has 2 aromatic carbocycles. The minimum atomic E-state index is -3.16. The monoisotopic (exact) mass is 552 g/mol. The van der Waals surface area contributed by atoms with Crippen LogP contribution in [0.1, 0.15) is 31.1 Å². The fourth-order valence-corrected chi connectivity index (χ4v) is 4.14. The van der Waals surface area contributed by atoms with E-state index in [2.05, 4.69) is 25.1 Å². The zero-order valence-corrected chi connectivity index (χ0v) is 21.3. The summed E-state index contributed by atoms with van der Waals surface area (Å²) in [6, 6.07) is 7.38. The standard InChI is InChI=1S/C25H23ClF3N5O3.H2O/c1-13-7-18(24-30-12-31-34(24)3)16-5-4-6-21(23(16)32-13)36-10-19-17(8-15(27)9-20(19)26)14(2)33-22(35)11-37-25(28)29;/h4-9,12,14,25H,10-11H2,1-3H3,(H,33,35);1H2/t14-;/m0./s1/i14D;. The zero-order valence-electron chi connectivity index (χ0n) is 21.6. The number of hydrogen-bond donors (Lipinski definition) is 1. The highest BCUT2D eigenvalue weighted by Crippen LogP contribution is 2.34. The highest BCUT2D eigenvalue weighted by molar-refractivity contribution is 6.31. The number of amides is 1. The number of benzene rings is 2. The van der Waals surface area contributed by atoms with Gasteiger partial charge in [0.1, 0.15) is 36.6 Å². The smallest absolute Gasteiger partial charge is 0.345 e. The van der Waals surface area contributed by atoms with Crippen molar-refractivity contribution < 1.29 is 34.3 Å². The highest BCUT2D eigenvalue weighted by Gasteiger charge is 2.20. The molecule has 0 saturated carbocycles. The number of rotatable bonds is 9. The van der Waals surface area contributed by atoms with E-state index in [0.717, 1.165) is 23.1 Å². The summed E-state index contributed by atoms with van der Waals surface area (Å²) in [5, 5.41) is 7.10. The van der Waals surface area contributed by atoms with Gasteiger partial charge >= 0.3 is 6.61 Å². The number of hydrogen-bond acceptors (Lipinski definition) is 6. The van der Waals surface area contributed by atoms with E-state index in [1.165, 1.54) is 13.3 Å². The molecule has 13 heteroatoms. The van der Waals surface area contributed by atoms with Crippen molar-refractivity contribution in [2.24, 2.45) is 7.05 Å². The molecule has 4 aromatic rings. The quantitative estimate of drug-likeness (QED) is 0.330. The van der Waals surface area contributed by atoms with Gasteiger partial charge in [0.05, 0.1) is 12.4 Å². The molecule has 9 nitrogen and oxygen atoms in total. The van der Waals surface area contributed by atoms with Crippen molar-refractivity contribution >= 4 is 28.4 Å². The molecular weight excluding hydrogens is 527 g/mol.